The number of benzene rings is 2. The first-order valence-corrected chi connectivity index (χ1v) is 11.5. The number of nitrogens with zero attached hydrogens (tertiary/aromatic N) is 4. The van der Waals surface area contributed by atoms with E-state index in [1.807, 2.05) is 44.2 Å². The molecule has 0 aliphatic carbocycles. The molecule has 0 saturated heterocycles. The highest BCUT2D eigenvalue weighted by molar-refractivity contribution is 5.84. The summed E-state index contributed by atoms with van der Waals surface area (Å²) < 4.78 is 11.3. The zero-order valence-electron chi connectivity index (χ0n) is 20.6. The second-order valence-corrected chi connectivity index (χ2v) is 7.93. The maximum atomic E-state index is 11.7. The minimum atomic E-state index is -0.500. The minimum Gasteiger partial charge on any atom is -0.450 e. The van der Waals surface area contributed by atoms with Gasteiger partial charge >= 0.3 is 6.09 Å². The number of rotatable bonds is 7. The Balaban J connectivity index is 0.000000212. The summed E-state index contributed by atoms with van der Waals surface area (Å²) in [5.41, 5.74) is 9.67. The van der Waals surface area contributed by atoms with Crippen molar-refractivity contribution in [1.82, 2.24) is 19.9 Å². The molecule has 36 heavy (non-hydrogen) atoms. The molecule has 188 valence electrons. The van der Waals surface area contributed by atoms with Gasteiger partial charge in [-0.15, -0.1) is 0 Å². The van der Waals surface area contributed by atoms with Crippen LogP contribution in [-0.4, -0.2) is 39.2 Å². The number of hydrogen-bond donors (Lipinski definition) is 2. The molecule has 0 aliphatic rings. The monoisotopic (exact) mass is 490 g/mol. The summed E-state index contributed by atoms with van der Waals surface area (Å²) in [6, 6.07) is 18.4. The smallest absolute Gasteiger partial charge is 0.411 e. The molecule has 10 nitrogen and oxygen atoms in total. The van der Waals surface area contributed by atoms with E-state index in [0.717, 1.165) is 16.8 Å². The van der Waals surface area contributed by atoms with Gasteiger partial charge in [0.05, 0.1) is 18.8 Å². The molecule has 2 aromatic carbocycles. The highest BCUT2D eigenvalue weighted by Gasteiger charge is 2.07. The molecule has 4 aromatic rings. The van der Waals surface area contributed by atoms with Gasteiger partial charge in [-0.05, 0) is 44.5 Å². The van der Waals surface area contributed by atoms with Crippen molar-refractivity contribution < 1.29 is 14.1 Å². The number of nitrogens with one attached hydrogen (secondary N) is 1. The molecule has 0 radical (unpaired) electrons. The number of anilines is 1. The summed E-state index contributed by atoms with van der Waals surface area (Å²) >= 11 is 0. The molecule has 2 heterocycles. The Bertz CT molecular complexity index is 1330. The van der Waals surface area contributed by atoms with Gasteiger partial charge in [-0.2, -0.15) is 10.1 Å². The van der Waals surface area contributed by atoms with Gasteiger partial charge < -0.3 is 15.0 Å². The van der Waals surface area contributed by atoms with E-state index in [-0.39, 0.29) is 5.56 Å². The minimum absolute atomic E-state index is 0.163. The summed E-state index contributed by atoms with van der Waals surface area (Å²) in [5.74, 6) is 1.21. The predicted molar refractivity (Wildman–Crippen MR) is 137 cm³/mol. The van der Waals surface area contributed by atoms with Crippen LogP contribution in [0.4, 0.5) is 10.5 Å². The van der Waals surface area contributed by atoms with Gasteiger partial charge in [-0.1, -0.05) is 47.1 Å². The van der Waals surface area contributed by atoms with Crippen LogP contribution in [0.25, 0.3) is 11.4 Å². The zero-order valence-corrected chi connectivity index (χ0v) is 20.6. The topological polar surface area (TPSA) is 138 Å². The highest BCUT2D eigenvalue weighted by Crippen LogP contribution is 2.16. The number of aryl methyl sites for hydroxylation is 2. The maximum absolute atomic E-state index is 11.7. The van der Waals surface area contributed by atoms with Crippen molar-refractivity contribution in [3.63, 3.8) is 0 Å². The van der Waals surface area contributed by atoms with Gasteiger partial charge in [0.2, 0.25) is 11.7 Å². The Hall–Kier alpha value is -4.31. The average molecular weight is 491 g/mol. The van der Waals surface area contributed by atoms with Crippen LogP contribution < -0.4 is 16.6 Å². The Morgan fingerprint density at radius 3 is 2.61 bits per heavy atom. The number of carbonyl (C=O) groups is 1. The average Bonchev–Trinajstić information content (AvgIpc) is 3.32. The van der Waals surface area contributed by atoms with Crippen LogP contribution in [0.5, 0.6) is 0 Å². The molecule has 0 fully saturated rings. The standard InChI is InChI=1S/C15H17N3O3.C11H13N3O/c1-3-21-15(20)16-13-6-4-5-12(9-13)10-18-14(19)8-7-11(2)17-18;1-8-2-4-9(5-3-8)11-13-10(6-7-12)15-14-11/h4-9H,3,10H2,1-2H3,(H,16,20);2-5H,6-7,12H2,1H3. The van der Waals surface area contributed by atoms with E-state index in [0.29, 0.717) is 43.5 Å². The predicted octanol–water partition coefficient (Wildman–Crippen LogP) is 3.71. The van der Waals surface area contributed by atoms with Gasteiger partial charge in [0.1, 0.15) is 0 Å². The van der Waals surface area contributed by atoms with Crippen molar-refractivity contribution in [3.05, 3.63) is 93.7 Å². The third-order valence-electron chi connectivity index (χ3n) is 4.92. The van der Waals surface area contributed by atoms with E-state index in [4.69, 9.17) is 15.0 Å². The number of amides is 1. The summed E-state index contributed by atoms with van der Waals surface area (Å²) in [4.78, 5) is 27.4. The fourth-order valence-electron chi connectivity index (χ4n) is 3.17. The number of carbonyl (C=O) groups excluding carboxylic acids is 1. The molecule has 3 N–H and O–H groups in total. The number of nitrogens with two attached hydrogens (primary N) is 1. The third-order valence-corrected chi connectivity index (χ3v) is 4.92. The molecular formula is C26H30N6O4. The lowest BCUT2D eigenvalue weighted by molar-refractivity contribution is 0.168. The van der Waals surface area contributed by atoms with Gasteiger partial charge in [0, 0.05) is 30.3 Å². The van der Waals surface area contributed by atoms with Crippen LogP contribution in [0.15, 0.2) is 70.0 Å². The molecule has 4 rings (SSSR count). The van der Waals surface area contributed by atoms with E-state index in [2.05, 4.69) is 20.6 Å². The van der Waals surface area contributed by atoms with Gasteiger partial charge in [-0.25, -0.2) is 9.48 Å². The number of aromatic nitrogens is 4. The van der Waals surface area contributed by atoms with Crippen LogP contribution in [0.1, 0.15) is 29.6 Å². The fourth-order valence-corrected chi connectivity index (χ4v) is 3.17. The second-order valence-electron chi connectivity index (χ2n) is 7.93. The molecule has 0 atom stereocenters. The van der Waals surface area contributed by atoms with Gasteiger partial charge in [-0.3, -0.25) is 10.1 Å². The first-order chi connectivity index (χ1) is 17.4. The van der Waals surface area contributed by atoms with Crippen LogP contribution in [0.3, 0.4) is 0 Å². The Morgan fingerprint density at radius 1 is 1.11 bits per heavy atom. The van der Waals surface area contributed by atoms with Crippen molar-refractivity contribution in [2.75, 3.05) is 18.5 Å². The fraction of sp³-hybridized carbons (Fsp3) is 0.269. The third kappa shape index (κ3) is 7.88. The van der Waals surface area contributed by atoms with E-state index in [9.17, 15) is 9.59 Å². The lowest BCUT2D eigenvalue weighted by atomic mass is 10.1. The SMILES string of the molecule is CCOC(=O)Nc1cccc(Cn2nc(C)ccc2=O)c1.Cc1ccc(-c2noc(CCN)n2)cc1. The zero-order chi connectivity index (χ0) is 25.9. The molecule has 10 heteroatoms. The molecule has 0 saturated carbocycles. The first-order valence-electron chi connectivity index (χ1n) is 11.5. The van der Waals surface area contributed by atoms with E-state index < -0.39 is 6.09 Å². The summed E-state index contributed by atoms with van der Waals surface area (Å²) in [5, 5.41) is 10.7. The van der Waals surface area contributed by atoms with Crippen molar-refractivity contribution in [2.24, 2.45) is 5.73 Å². The van der Waals surface area contributed by atoms with Crippen molar-refractivity contribution in [1.29, 1.82) is 0 Å². The summed E-state index contributed by atoms with van der Waals surface area (Å²) in [7, 11) is 0. The van der Waals surface area contributed by atoms with Crippen LogP contribution >= 0.6 is 0 Å². The van der Waals surface area contributed by atoms with Crippen molar-refractivity contribution in [3.8, 4) is 11.4 Å². The molecular weight excluding hydrogens is 460 g/mol. The molecule has 1 amide bonds. The lowest BCUT2D eigenvalue weighted by Crippen LogP contribution is -2.23. The number of ether oxygens (including phenoxy) is 1. The van der Waals surface area contributed by atoms with Gasteiger partial charge in [0.25, 0.3) is 5.56 Å². The Kier molecular flexibility index (Phi) is 9.47. The molecule has 2 aromatic heterocycles. The summed E-state index contributed by atoms with van der Waals surface area (Å²) in [6.45, 7) is 6.79. The number of hydrogen-bond acceptors (Lipinski definition) is 8. The largest absolute Gasteiger partial charge is 0.450 e. The molecule has 0 unspecified atom stereocenters. The Labute approximate surface area is 209 Å². The van der Waals surface area contributed by atoms with E-state index in [1.165, 1.54) is 16.3 Å². The molecule has 0 aliphatic heterocycles. The lowest BCUT2D eigenvalue weighted by Gasteiger charge is -2.08. The quantitative estimate of drug-likeness (QED) is 0.400. The van der Waals surface area contributed by atoms with Gasteiger partial charge in [0.15, 0.2) is 0 Å². The Morgan fingerprint density at radius 2 is 1.89 bits per heavy atom. The molecule has 0 bridgehead atoms. The summed E-state index contributed by atoms with van der Waals surface area (Å²) in [6.07, 6.45) is 0.124. The van der Waals surface area contributed by atoms with Crippen LogP contribution in [0.2, 0.25) is 0 Å². The maximum Gasteiger partial charge on any atom is 0.411 e. The highest BCUT2D eigenvalue weighted by atomic mass is 16.5. The van der Waals surface area contributed by atoms with E-state index in [1.54, 1.807) is 31.2 Å². The van der Waals surface area contributed by atoms with Crippen molar-refractivity contribution >= 4 is 11.8 Å². The van der Waals surface area contributed by atoms with Crippen molar-refractivity contribution in [2.45, 2.75) is 33.7 Å². The molecule has 0 spiro atoms. The second kappa shape index (κ2) is 13.0. The normalized spacial score (nSPS) is 10.3. The van der Waals surface area contributed by atoms with E-state index >= 15 is 0 Å². The van der Waals surface area contributed by atoms with Crippen LogP contribution in [-0.2, 0) is 17.7 Å². The first kappa shape index (κ1) is 26.3. The van der Waals surface area contributed by atoms with Crippen LogP contribution in [0, 0.1) is 13.8 Å².